The Kier molecular flexibility index (Phi) is 7.81. The highest BCUT2D eigenvalue weighted by atomic mass is 19.1. The van der Waals surface area contributed by atoms with Gasteiger partial charge in [0.2, 0.25) is 5.88 Å². The number of halogens is 1. The van der Waals surface area contributed by atoms with Crippen LogP contribution >= 0.6 is 0 Å². The van der Waals surface area contributed by atoms with Gasteiger partial charge < -0.3 is 20.3 Å². The smallest absolute Gasteiger partial charge is 0.315 e. The van der Waals surface area contributed by atoms with Crippen LogP contribution in [-0.4, -0.2) is 42.1 Å². The summed E-state index contributed by atoms with van der Waals surface area (Å²) >= 11 is 0. The largest absolute Gasteiger partial charge is 0.439 e. The molecule has 156 valence electrons. The van der Waals surface area contributed by atoms with Crippen molar-refractivity contribution in [1.29, 1.82) is 0 Å². The minimum Gasteiger partial charge on any atom is -0.439 e. The summed E-state index contributed by atoms with van der Waals surface area (Å²) in [6, 6.07) is 9.24. The third kappa shape index (κ3) is 7.02. The number of amides is 2. The topological polar surface area (TPSA) is 66.5 Å². The summed E-state index contributed by atoms with van der Waals surface area (Å²) in [6.07, 6.45) is 5.06. The van der Waals surface area contributed by atoms with Crippen LogP contribution in [0, 0.1) is 11.7 Å². The number of carbonyl (C=O) groups excluding carboxylic acids is 1. The summed E-state index contributed by atoms with van der Waals surface area (Å²) in [4.78, 5) is 18.7. The van der Waals surface area contributed by atoms with E-state index >= 15 is 0 Å². The number of ether oxygens (including phenoxy) is 1. The second-order valence-corrected chi connectivity index (χ2v) is 7.51. The number of piperidine rings is 1. The van der Waals surface area contributed by atoms with Gasteiger partial charge in [0, 0.05) is 30.9 Å². The second kappa shape index (κ2) is 10.8. The number of carbonyl (C=O) groups is 1. The standard InChI is InChI=1S/C22H29FN4O2/c1-17-8-13-27(14-9-17)12-4-11-25-22(28)26-16-18-5-3-10-24-21(18)29-20-7-2-6-19(23)15-20/h2-3,5-7,10,15,17H,4,8-9,11-14,16H2,1H3,(H2,25,26,28). The molecule has 0 radical (unpaired) electrons. The molecule has 0 saturated carbocycles. The molecule has 1 saturated heterocycles. The van der Waals surface area contributed by atoms with Crippen molar-refractivity contribution >= 4 is 6.03 Å². The molecule has 6 nitrogen and oxygen atoms in total. The fourth-order valence-electron chi connectivity index (χ4n) is 3.32. The van der Waals surface area contributed by atoms with E-state index in [2.05, 4.69) is 27.4 Å². The van der Waals surface area contributed by atoms with Gasteiger partial charge in [0.15, 0.2) is 0 Å². The van der Waals surface area contributed by atoms with Crippen molar-refractivity contribution < 1.29 is 13.9 Å². The first-order valence-corrected chi connectivity index (χ1v) is 10.2. The number of nitrogens with zero attached hydrogens (tertiary/aromatic N) is 2. The molecule has 0 aliphatic carbocycles. The van der Waals surface area contributed by atoms with Crippen molar-refractivity contribution in [1.82, 2.24) is 20.5 Å². The quantitative estimate of drug-likeness (QED) is 0.659. The summed E-state index contributed by atoms with van der Waals surface area (Å²) < 4.78 is 19.0. The molecule has 2 N–H and O–H groups in total. The summed E-state index contributed by atoms with van der Waals surface area (Å²) in [6.45, 7) is 6.54. The van der Waals surface area contributed by atoms with Gasteiger partial charge in [-0.25, -0.2) is 14.2 Å². The summed E-state index contributed by atoms with van der Waals surface area (Å²) in [5.41, 5.74) is 0.717. The Morgan fingerprint density at radius 1 is 1.24 bits per heavy atom. The van der Waals surface area contributed by atoms with E-state index in [4.69, 9.17) is 4.74 Å². The van der Waals surface area contributed by atoms with Gasteiger partial charge in [-0.1, -0.05) is 19.1 Å². The average Bonchev–Trinajstić information content (AvgIpc) is 2.72. The molecule has 1 aliphatic heterocycles. The van der Waals surface area contributed by atoms with Crippen molar-refractivity contribution in [2.75, 3.05) is 26.2 Å². The van der Waals surface area contributed by atoms with Crippen LogP contribution in [0.1, 0.15) is 31.7 Å². The van der Waals surface area contributed by atoms with Gasteiger partial charge >= 0.3 is 6.03 Å². The van der Waals surface area contributed by atoms with E-state index in [-0.39, 0.29) is 18.4 Å². The Morgan fingerprint density at radius 3 is 2.86 bits per heavy atom. The zero-order chi connectivity index (χ0) is 20.5. The number of pyridine rings is 1. The third-order valence-corrected chi connectivity index (χ3v) is 5.11. The van der Waals surface area contributed by atoms with Gasteiger partial charge in [-0.15, -0.1) is 0 Å². The molecule has 1 aliphatic rings. The Labute approximate surface area is 171 Å². The molecule has 7 heteroatoms. The molecule has 0 spiro atoms. The van der Waals surface area contributed by atoms with Crippen LogP contribution in [0.5, 0.6) is 11.6 Å². The highest BCUT2D eigenvalue weighted by Gasteiger charge is 2.15. The molecular formula is C22H29FN4O2. The lowest BCUT2D eigenvalue weighted by Gasteiger charge is -2.30. The molecule has 29 heavy (non-hydrogen) atoms. The van der Waals surface area contributed by atoms with E-state index in [0.717, 1.165) is 32.0 Å². The van der Waals surface area contributed by atoms with Crippen LogP contribution in [0.15, 0.2) is 42.6 Å². The third-order valence-electron chi connectivity index (χ3n) is 5.11. The second-order valence-electron chi connectivity index (χ2n) is 7.51. The molecule has 0 bridgehead atoms. The van der Waals surface area contributed by atoms with E-state index in [9.17, 15) is 9.18 Å². The first-order chi connectivity index (χ1) is 14.1. The molecule has 3 rings (SSSR count). The zero-order valence-electron chi connectivity index (χ0n) is 16.9. The van der Waals surface area contributed by atoms with Gasteiger partial charge in [-0.2, -0.15) is 0 Å². The van der Waals surface area contributed by atoms with Gasteiger partial charge in [-0.3, -0.25) is 0 Å². The maximum Gasteiger partial charge on any atom is 0.315 e. The average molecular weight is 400 g/mol. The molecule has 0 atom stereocenters. The molecule has 2 amide bonds. The minimum atomic E-state index is -0.378. The molecule has 2 aromatic rings. The molecule has 2 heterocycles. The van der Waals surface area contributed by atoms with Crippen LogP contribution in [0.3, 0.4) is 0 Å². The van der Waals surface area contributed by atoms with E-state index < -0.39 is 0 Å². The maximum atomic E-state index is 13.3. The Hall–Kier alpha value is -2.67. The van der Waals surface area contributed by atoms with Gasteiger partial charge in [0.1, 0.15) is 11.6 Å². The van der Waals surface area contributed by atoms with Gasteiger partial charge in [-0.05, 0) is 63.0 Å². The van der Waals surface area contributed by atoms with E-state index in [1.807, 2.05) is 6.07 Å². The first-order valence-electron chi connectivity index (χ1n) is 10.2. The summed E-state index contributed by atoms with van der Waals surface area (Å²) in [5, 5.41) is 5.71. The van der Waals surface area contributed by atoms with Crippen molar-refractivity contribution in [3.05, 3.63) is 54.0 Å². The number of benzene rings is 1. The minimum absolute atomic E-state index is 0.224. The number of hydrogen-bond donors (Lipinski definition) is 2. The SMILES string of the molecule is CC1CCN(CCCNC(=O)NCc2cccnc2Oc2cccc(F)c2)CC1. The molecule has 1 fully saturated rings. The monoisotopic (exact) mass is 400 g/mol. The lowest BCUT2D eigenvalue weighted by atomic mass is 9.99. The number of hydrogen-bond acceptors (Lipinski definition) is 4. The highest BCUT2D eigenvalue weighted by Crippen LogP contribution is 2.23. The fraction of sp³-hybridized carbons (Fsp3) is 0.455. The first kappa shape index (κ1) is 21.0. The molecule has 1 aromatic heterocycles. The lowest BCUT2D eigenvalue weighted by Crippen LogP contribution is -2.38. The molecular weight excluding hydrogens is 371 g/mol. The van der Waals surface area contributed by atoms with E-state index in [0.29, 0.717) is 23.7 Å². The zero-order valence-corrected chi connectivity index (χ0v) is 16.9. The van der Waals surface area contributed by atoms with Crippen LogP contribution in [0.4, 0.5) is 9.18 Å². The van der Waals surface area contributed by atoms with Gasteiger partial charge in [0.05, 0.1) is 0 Å². The van der Waals surface area contributed by atoms with Crippen molar-refractivity contribution in [2.24, 2.45) is 5.92 Å². The molecule has 1 aromatic carbocycles. The maximum absolute atomic E-state index is 13.3. The number of rotatable bonds is 8. The van der Waals surface area contributed by atoms with Gasteiger partial charge in [0.25, 0.3) is 0 Å². The van der Waals surface area contributed by atoms with Crippen molar-refractivity contribution in [2.45, 2.75) is 32.7 Å². The van der Waals surface area contributed by atoms with E-state index in [1.165, 1.54) is 25.0 Å². The Balaban J connectivity index is 1.40. The predicted molar refractivity (Wildman–Crippen MR) is 110 cm³/mol. The van der Waals surface area contributed by atoms with Crippen LogP contribution < -0.4 is 15.4 Å². The number of urea groups is 1. The number of nitrogens with one attached hydrogen (secondary N) is 2. The van der Waals surface area contributed by atoms with Crippen molar-refractivity contribution in [3.63, 3.8) is 0 Å². The summed E-state index contributed by atoms with van der Waals surface area (Å²) in [5.74, 6) is 1.16. The number of likely N-dealkylation sites (tertiary alicyclic amines) is 1. The van der Waals surface area contributed by atoms with Crippen LogP contribution in [-0.2, 0) is 6.54 Å². The fourth-order valence-corrected chi connectivity index (χ4v) is 3.32. The van der Waals surface area contributed by atoms with E-state index in [1.54, 1.807) is 24.4 Å². The summed E-state index contributed by atoms with van der Waals surface area (Å²) in [7, 11) is 0. The Bertz CT molecular complexity index is 794. The highest BCUT2D eigenvalue weighted by molar-refractivity contribution is 5.73. The van der Waals surface area contributed by atoms with Crippen LogP contribution in [0.2, 0.25) is 0 Å². The Morgan fingerprint density at radius 2 is 2.07 bits per heavy atom. The predicted octanol–water partition coefficient (Wildman–Crippen LogP) is 3.93. The lowest BCUT2D eigenvalue weighted by molar-refractivity contribution is 0.190. The number of aromatic nitrogens is 1. The van der Waals surface area contributed by atoms with Crippen LogP contribution in [0.25, 0.3) is 0 Å². The molecule has 0 unspecified atom stereocenters. The van der Waals surface area contributed by atoms with Crippen molar-refractivity contribution in [3.8, 4) is 11.6 Å². The normalized spacial score (nSPS) is 15.1.